The highest BCUT2D eigenvalue weighted by Gasteiger charge is 2.27. The van der Waals surface area contributed by atoms with E-state index in [0.717, 1.165) is 23.7 Å². The molecule has 1 rings (SSSR count). The Bertz CT molecular complexity index is 377. The van der Waals surface area contributed by atoms with Crippen LogP contribution in [0.15, 0.2) is 20.9 Å². The van der Waals surface area contributed by atoms with Crippen molar-refractivity contribution in [1.82, 2.24) is 0 Å². The van der Waals surface area contributed by atoms with Gasteiger partial charge in [0.2, 0.25) is 0 Å². The van der Waals surface area contributed by atoms with Crippen molar-refractivity contribution < 1.29 is 8.97 Å². The highest BCUT2D eigenvalue weighted by molar-refractivity contribution is 7.91. The average Bonchev–Trinajstić information content (AvgIpc) is 2.59. The molecule has 0 saturated heterocycles. The second-order valence-corrected chi connectivity index (χ2v) is 6.57. The van der Waals surface area contributed by atoms with E-state index in [9.17, 15) is 4.55 Å². The van der Waals surface area contributed by atoms with E-state index in [0.29, 0.717) is 0 Å². The Kier molecular flexibility index (Phi) is 4.21. The monoisotopic (exact) mass is 241 g/mol. The molecule has 0 aliphatic carbocycles. The summed E-state index contributed by atoms with van der Waals surface area (Å²) >= 11 is -1.23. The van der Waals surface area contributed by atoms with Crippen LogP contribution in [0.1, 0.15) is 45.6 Å². The number of furan rings is 1. The summed E-state index contributed by atoms with van der Waals surface area (Å²) < 4.78 is 21.3. The maximum atomic E-state index is 11.9. The topological polar surface area (TPSA) is 48.6 Å². The van der Waals surface area contributed by atoms with Crippen molar-refractivity contribution in [3.8, 4) is 0 Å². The molecular weight excluding hydrogens is 222 g/mol. The predicted molar refractivity (Wildman–Crippen MR) is 68.2 cm³/mol. The van der Waals surface area contributed by atoms with E-state index in [1.807, 2.05) is 46.8 Å². The third kappa shape index (κ3) is 3.39. The van der Waals surface area contributed by atoms with Crippen LogP contribution in [-0.2, 0) is 11.4 Å². The van der Waals surface area contributed by atoms with Gasteiger partial charge < -0.3 is 8.97 Å². The molecule has 1 aromatic heterocycles. The van der Waals surface area contributed by atoms with Gasteiger partial charge in [0.25, 0.3) is 0 Å². The Hall–Kier alpha value is -0.740. The van der Waals surface area contributed by atoms with E-state index < -0.39 is 11.4 Å². The summed E-state index contributed by atoms with van der Waals surface area (Å²) in [5.74, 6) is 1.57. The van der Waals surface area contributed by atoms with Crippen LogP contribution in [-0.4, -0.2) is 15.0 Å². The van der Waals surface area contributed by atoms with Crippen molar-refractivity contribution in [3.05, 3.63) is 23.7 Å². The Morgan fingerprint density at radius 3 is 2.44 bits per heavy atom. The zero-order chi connectivity index (χ0) is 12.3. The smallest absolute Gasteiger partial charge is 0.153 e. The number of aryl methyl sites for hydroxylation is 1. The fourth-order valence-electron chi connectivity index (χ4n) is 1.11. The second kappa shape index (κ2) is 5.06. The van der Waals surface area contributed by atoms with Crippen LogP contribution in [0.3, 0.4) is 0 Å². The van der Waals surface area contributed by atoms with Crippen LogP contribution in [0.4, 0.5) is 0 Å². The van der Waals surface area contributed by atoms with E-state index in [4.69, 9.17) is 4.42 Å². The van der Waals surface area contributed by atoms with Crippen LogP contribution in [0, 0.1) is 6.92 Å². The molecule has 0 aliphatic heterocycles. The minimum Gasteiger partial charge on any atom is -0.591 e. The summed E-state index contributed by atoms with van der Waals surface area (Å²) in [6.07, 6.45) is 0.717. The summed E-state index contributed by atoms with van der Waals surface area (Å²) in [7, 11) is 0. The molecule has 0 bridgehead atoms. The SMILES string of the molecule is CCC(=N[S+]([O-])C(C)(C)C)c1ccc(C)o1. The first-order valence-corrected chi connectivity index (χ1v) is 6.51. The van der Waals surface area contributed by atoms with Gasteiger partial charge in [-0.25, -0.2) is 0 Å². The highest BCUT2D eigenvalue weighted by Crippen LogP contribution is 2.19. The third-order valence-corrected chi connectivity index (χ3v) is 3.51. The molecule has 0 aliphatic rings. The first kappa shape index (κ1) is 13.3. The highest BCUT2D eigenvalue weighted by atomic mass is 32.2. The van der Waals surface area contributed by atoms with Crippen molar-refractivity contribution in [1.29, 1.82) is 0 Å². The molecule has 4 heteroatoms. The van der Waals surface area contributed by atoms with Gasteiger partial charge in [-0.15, -0.1) is 0 Å². The van der Waals surface area contributed by atoms with E-state index in [1.165, 1.54) is 0 Å². The summed E-state index contributed by atoms with van der Waals surface area (Å²) in [5, 5.41) is 0. The Morgan fingerprint density at radius 2 is 2.06 bits per heavy atom. The van der Waals surface area contributed by atoms with Gasteiger partial charge in [-0.1, -0.05) is 11.3 Å². The Morgan fingerprint density at radius 1 is 1.44 bits per heavy atom. The van der Waals surface area contributed by atoms with Crippen LogP contribution < -0.4 is 0 Å². The number of nitrogens with zero attached hydrogens (tertiary/aromatic N) is 1. The molecule has 0 aromatic carbocycles. The molecular formula is C12H19NO2S. The minimum absolute atomic E-state index is 0.331. The van der Waals surface area contributed by atoms with Crippen molar-refractivity contribution >= 4 is 17.1 Å². The van der Waals surface area contributed by atoms with Gasteiger partial charge in [-0.3, -0.25) is 0 Å². The molecule has 1 unspecified atom stereocenters. The standard InChI is InChI=1S/C12H19NO2S/c1-6-10(11-8-7-9(2)15-11)13-16(14)12(3,4)5/h7-8H,6H2,1-5H3. The molecule has 3 nitrogen and oxygen atoms in total. The zero-order valence-electron chi connectivity index (χ0n) is 10.5. The molecule has 1 atom stereocenters. The summed E-state index contributed by atoms with van der Waals surface area (Å²) in [6.45, 7) is 9.60. The molecule has 1 heterocycles. The van der Waals surface area contributed by atoms with Gasteiger partial charge in [0, 0.05) is 0 Å². The Balaban J connectivity index is 2.94. The molecule has 16 heavy (non-hydrogen) atoms. The molecule has 1 aromatic rings. The van der Waals surface area contributed by atoms with E-state index in [-0.39, 0.29) is 4.75 Å². The van der Waals surface area contributed by atoms with Crippen LogP contribution in [0.25, 0.3) is 0 Å². The first-order chi connectivity index (χ1) is 7.34. The van der Waals surface area contributed by atoms with Gasteiger partial charge in [0.1, 0.15) is 27.6 Å². The maximum Gasteiger partial charge on any atom is 0.153 e. The predicted octanol–water partition coefficient (Wildman–Crippen LogP) is 3.25. The number of hydrogen-bond donors (Lipinski definition) is 0. The fraction of sp³-hybridized carbons (Fsp3) is 0.583. The molecule has 0 radical (unpaired) electrons. The van der Waals surface area contributed by atoms with E-state index in [2.05, 4.69) is 4.40 Å². The van der Waals surface area contributed by atoms with Gasteiger partial charge in [-0.05, 0) is 46.2 Å². The van der Waals surface area contributed by atoms with Gasteiger partial charge in [-0.2, -0.15) is 0 Å². The van der Waals surface area contributed by atoms with Gasteiger partial charge in [0.05, 0.1) is 0 Å². The molecule has 0 saturated carbocycles. The van der Waals surface area contributed by atoms with Crippen LogP contribution in [0.5, 0.6) is 0 Å². The number of rotatable bonds is 3. The van der Waals surface area contributed by atoms with E-state index >= 15 is 0 Å². The third-order valence-electron chi connectivity index (χ3n) is 2.08. The normalized spacial score (nSPS) is 15.2. The van der Waals surface area contributed by atoms with Gasteiger partial charge in [0.15, 0.2) is 5.76 Å². The lowest BCUT2D eigenvalue weighted by atomic mass is 10.2. The molecule has 0 spiro atoms. The lowest BCUT2D eigenvalue weighted by molar-refractivity contribution is 0.523. The minimum atomic E-state index is -1.23. The largest absolute Gasteiger partial charge is 0.591 e. The van der Waals surface area contributed by atoms with Crippen LogP contribution in [0.2, 0.25) is 0 Å². The molecule has 0 fully saturated rings. The number of hydrogen-bond acceptors (Lipinski definition) is 3. The fourth-order valence-corrected chi connectivity index (χ4v) is 1.80. The molecule has 0 amide bonds. The molecule has 90 valence electrons. The van der Waals surface area contributed by atoms with Crippen molar-refractivity contribution in [2.45, 2.75) is 45.8 Å². The van der Waals surface area contributed by atoms with Crippen molar-refractivity contribution in [2.75, 3.05) is 0 Å². The van der Waals surface area contributed by atoms with Crippen LogP contribution >= 0.6 is 0 Å². The van der Waals surface area contributed by atoms with Gasteiger partial charge >= 0.3 is 0 Å². The zero-order valence-corrected chi connectivity index (χ0v) is 11.4. The maximum absolute atomic E-state index is 11.9. The quantitative estimate of drug-likeness (QED) is 0.602. The Labute approximate surface area is 100 Å². The van der Waals surface area contributed by atoms with Crippen molar-refractivity contribution in [3.63, 3.8) is 0 Å². The lowest BCUT2D eigenvalue weighted by Gasteiger charge is -2.18. The lowest BCUT2D eigenvalue weighted by Crippen LogP contribution is -2.27. The average molecular weight is 241 g/mol. The first-order valence-electron chi connectivity index (χ1n) is 5.41. The van der Waals surface area contributed by atoms with Crippen molar-refractivity contribution in [2.24, 2.45) is 4.40 Å². The summed E-state index contributed by atoms with van der Waals surface area (Å²) in [6, 6.07) is 3.76. The molecule has 0 N–H and O–H groups in total. The summed E-state index contributed by atoms with van der Waals surface area (Å²) in [4.78, 5) is 0. The van der Waals surface area contributed by atoms with E-state index in [1.54, 1.807) is 0 Å². The second-order valence-electron chi connectivity index (χ2n) is 4.66. The summed E-state index contributed by atoms with van der Waals surface area (Å²) in [5.41, 5.74) is 0.765.